The average Bonchev–Trinajstić information content (AvgIpc) is 3.69. The van der Waals surface area contributed by atoms with E-state index in [1.807, 2.05) is 42.2 Å². The molecule has 2 saturated heterocycles. The molecule has 0 radical (unpaired) electrons. The summed E-state index contributed by atoms with van der Waals surface area (Å²) in [6.07, 6.45) is -1.24. The number of rotatable bonds is 8. The molecule has 14 heteroatoms. The molecule has 0 aliphatic carbocycles. The number of carbonyl (C=O) groups is 1. The highest BCUT2D eigenvalue weighted by molar-refractivity contribution is 5.84. The number of nitrogen functional groups attached to an aromatic ring is 1. The van der Waals surface area contributed by atoms with Crippen LogP contribution in [0.2, 0.25) is 0 Å². The van der Waals surface area contributed by atoms with Crippen LogP contribution in [-0.4, -0.2) is 67.2 Å². The Labute approximate surface area is 286 Å². The number of nitrogens with zero attached hydrogens (tertiary/aromatic N) is 6. The summed E-state index contributed by atoms with van der Waals surface area (Å²) in [5.41, 5.74) is 8.75. The third-order valence-corrected chi connectivity index (χ3v) is 10.0. The molecule has 260 valence electrons. The van der Waals surface area contributed by atoms with Crippen LogP contribution in [0.25, 0.3) is 27.7 Å². The van der Waals surface area contributed by atoms with Crippen molar-refractivity contribution in [2.75, 3.05) is 23.7 Å². The number of halogens is 3. The second kappa shape index (κ2) is 12.9. The van der Waals surface area contributed by atoms with E-state index in [1.165, 1.54) is 16.8 Å². The van der Waals surface area contributed by atoms with Crippen molar-refractivity contribution in [3.8, 4) is 22.7 Å². The van der Waals surface area contributed by atoms with Gasteiger partial charge >= 0.3 is 12.1 Å². The van der Waals surface area contributed by atoms with E-state index < -0.39 is 24.3 Å². The van der Waals surface area contributed by atoms with Gasteiger partial charge in [0, 0.05) is 48.5 Å². The molecule has 0 saturated carbocycles. The number of nitrogens with one attached hydrogen (secondary N) is 1. The molecule has 1 spiro atoms. The number of hydrogen-bond donors (Lipinski definition) is 3. The van der Waals surface area contributed by atoms with E-state index >= 15 is 0 Å². The number of aliphatic carboxylic acids is 1. The van der Waals surface area contributed by atoms with E-state index in [0.29, 0.717) is 49.4 Å². The lowest BCUT2D eigenvalue weighted by Gasteiger charge is -2.43. The Balaban J connectivity index is 1.20. The Kier molecular flexibility index (Phi) is 8.58. The number of carboxylic acid groups (broad SMARTS) is 1. The molecule has 2 fully saturated rings. The Bertz CT molecular complexity index is 2040. The normalized spacial score (nSPS) is 19.6. The van der Waals surface area contributed by atoms with Crippen LogP contribution < -0.4 is 20.7 Å². The first-order valence-corrected chi connectivity index (χ1v) is 16.6. The highest BCUT2D eigenvalue weighted by Crippen LogP contribution is 2.46. The molecule has 4 N–H and O–H groups in total. The fraction of sp³-hybridized carbons (Fsp3) is 0.361. The fourth-order valence-corrected chi connectivity index (χ4v) is 7.49. The van der Waals surface area contributed by atoms with Crippen LogP contribution in [0.1, 0.15) is 50.0 Å². The number of anilines is 2. The van der Waals surface area contributed by atoms with E-state index in [2.05, 4.69) is 25.4 Å². The zero-order chi connectivity index (χ0) is 35.2. The van der Waals surface area contributed by atoms with E-state index in [1.54, 1.807) is 37.5 Å². The zero-order valence-corrected chi connectivity index (χ0v) is 27.6. The third-order valence-electron chi connectivity index (χ3n) is 10.0. The van der Waals surface area contributed by atoms with Gasteiger partial charge in [0.1, 0.15) is 11.9 Å². The number of aryl methyl sites for hydroxylation is 1. The monoisotopic (exact) mass is 686 g/mol. The molecular weight excluding hydrogens is 649 g/mol. The van der Waals surface area contributed by atoms with Gasteiger partial charge in [-0.05, 0) is 73.4 Å². The highest BCUT2D eigenvalue weighted by Gasteiger charge is 2.50. The lowest BCUT2D eigenvalue weighted by Crippen LogP contribution is -2.46. The maximum absolute atomic E-state index is 15.0. The Hall–Kier alpha value is -5.24. The first kappa shape index (κ1) is 33.3. The van der Waals surface area contributed by atoms with E-state index in [4.69, 9.17) is 10.5 Å². The highest BCUT2D eigenvalue weighted by atomic mass is 19.4. The second-order valence-electron chi connectivity index (χ2n) is 13.1. The first-order valence-electron chi connectivity index (χ1n) is 16.6. The van der Waals surface area contributed by atoms with Crippen LogP contribution in [0.15, 0.2) is 73.1 Å². The number of piperidine rings is 1. The molecule has 50 heavy (non-hydrogen) atoms. The molecule has 3 atom stereocenters. The summed E-state index contributed by atoms with van der Waals surface area (Å²) < 4.78 is 52.1. The summed E-state index contributed by atoms with van der Waals surface area (Å²) in [7, 11) is 0. The maximum atomic E-state index is 15.0. The SMILES string of the molecule is CCC1NC(C(=O)O)CC12CCN(c1cc(O[C@H](c3ccc(-c4ccc5cccnc5c4)cc3-n3ccc(C)n3)C(F)(F)F)nc(N)n1)CC2. The van der Waals surface area contributed by atoms with Crippen LogP contribution in [-0.2, 0) is 4.79 Å². The van der Waals surface area contributed by atoms with Crippen LogP contribution in [0.4, 0.5) is 24.9 Å². The summed E-state index contributed by atoms with van der Waals surface area (Å²) >= 11 is 0. The average molecular weight is 687 g/mol. The summed E-state index contributed by atoms with van der Waals surface area (Å²) in [6, 6.07) is 16.7. The van der Waals surface area contributed by atoms with Crippen molar-refractivity contribution in [1.82, 2.24) is 30.0 Å². The number of fused-ring (bicyclic) bond motifs is 1. The van der Waals surface area contributed by atoms with Gasteiger partial charge in [-0.1, -0.05) is 37.3 Å². The summed E-state index contributed by atoms with van der Waals surface area (Å²) in [4.78, 5) is 26.5. The van der Waals surface area contributed by atoms with Crippen molar-refractivity contribution in [3.63, 3.8) is 0 Å². The van der Waals surface area contributed by atoms with Gasteiger partial charge in [-0.25, -0.2) is 4.68 Å². The van der Waals surface area contributed by atoms with Crippen molar-refractivity contribution in [1.29, 1.82) is 0 Å². The number of pyridine rings is 1. The van der Waals surface area contributed by atoms with Crippen LogP contribution in [0.5, 0.6) is 5.88 Å². The predicted molar refractivity (Wildman–Crippen MR) is 182 cm³/mol. The van der Waals surface area contributed by atoms with Crippen LogP contribution in [0.3, 0.4) is 0 Å². The number of aromatic nitrogens is 5. The number of hydrogen-bond acceptors (Lipinski definition) is 9. The van der Waals surface area contributed by atoms with Gasteiger partial charge in [0.15, 0.2) is 0 Å². The summed E-state index contributed by atoms with van der Waals surface area (Å²) in [6.45, 7) is 4.85. The Morgan fingerprint density at radius 3 is 2.56 bits per heavy atom. The molecule has 2 unspecified atom stereocenters. The maximum Gasteiger partial charge on any atom is 0.429 e. The molecule has 0 bridgehead atoms. The van der Waals surface area contributed by atoms with Gasteiger partial charge < -0.3 is 25.8 Å². The molecular formula is C36H37F3N8O3. The number of benzene rings is 2. The number of nitrogens with two attached hydrogens (primary N) is 1. The smallest absolute Gasteiger partial charge is 0.429 e. The van der Waals surface area contributed by atoms with Gasteiger partial charge in [0.25, 0.3) is 0 Å². The third kappa shape index (κ3) is 6.42. The second-order valence-corrected chi connectivity index (χ2v) is 13.1. The van der Waals surface area contributed by atoms with E-state index in [-0.39, 0.29) is 34.5 Å². The Morgan fingerprint density at radius 1 is 1.10 bits per heavy atom. The van der Waals surface area contributed by atoms with Crippen LogP contribution in [0, 0.1) is 12.3 Å². The minimum absolute atomic E-state index is 0.0599. The minimum atomic E-state index is -4.84. The van der Waals surface area contributed by atoms with Gasteiger partial charge in [-0.3, -0.25) is 9.78 Å². The summed E-state index contributed by atoms with van der Waals surface area (Å²) in [5.74, 6) is -1.05. The summed E-state index contributed by atoms with van der Waals surface area (Å²) in [5, 5.41) is 18.3. The van der Waals surface area contributed by atoms with Gasteiger partial charge in [0.2, 0.25) is 17.9 Å². The molecule has 0 amide bonds. The number of carboxylic acids is 1. The van der Waals surface area contributed by atoms with Crippen molar-refractivity contribution >= 4 is 28.6 Å². The Morgan fingerprint density at radius 2 is 1.86 bits per heavy atom. The van der Waals surface area contributed by atoms with Crippen molar-refractivity contribution < 1.29 is 27.8 Å². The number of alkyl halides is 3. The fourth-order valence-electron chi connectivity index (χ4n) is 7.49. The largest absolute Gasteiger partial charge is 0.480 e. The van der Waals surface area contributed by atoms with Crippen molar-refractivity contribution in [2.24, 2.45) is 5.41 Å². The minimum Gasteiger partial charge on any atom is -0.480 e. The van der Waals surface area contributed by atoms with Crippen molar-refractivity contribution in [2.45, 2.75) is 63.9 Å². The van der Waals surface area contributed by atoms with Gasteiger partial charge in [-0.15, -0.1) is 0 Å². The lowest BCUT2D eigenvalue weighted by molar-refractivity contribution is -0.198. The lowest BCUT2D eigenvalue weighted by atomic mass is 9.71. The molecule has 3 aromatic heterocycles. The molecule has 2 aliphatic rings. The first-order chi connectivity index (χ1) is 23.9. The number of ether oxygens (including phenoxy) is 1. The molecule has 2 aromatic carbocycles. The molecule has 5 aromatic rings. The van der Waals surface area contributed by atoms with Crippen LogP contribution >= 0.6 is 0 Å². The quantitative estimate of drug-likeness (QED) is 0.171. The zero-order valence-electron chi connectivity index (χ0n) is 27.6. The predicted octanol–water partition coefficient (Wildman–Crippen LogP) is 6.26. The van der Waals surface area contributed by atoms with Gasteiger partial charge in [-0.2, -0.15) is 28.2 Å². The molecule has 5 heterocycles. The topological polar surface area (TPSA) is 144 Å². The molecule has 11 nitrogen and oxygen atoms in total. The van der Waals surface area contributed by atoms with Crippen molar-refractivity contribution in [3.05, 3.63) is 84.3 Å². The van der Waals surface area contributed by atoms with Gasteiger partial charge in [0.05, 0.1) is 16.9 Å². The molecule has 2 aliphatic heterocycles. The van der Waals surface area contributed by atoms with E-state index in [9.17, 15) is 23.1 Å². The molecule has 7 rings (SSSR count). The standard InChI is InChI=1S/C36H37F3N8O3/c1-3-29-35(20-27(42-29)33(48)49)11-15-46(16-12-35)30-19-31(44-34(40)43-30)50-32(36(37,38)39)25-9-8-24(18-28(25)47-14-10-21(2)45-47)23-7-6-22-5-4-13-41-26(22)17-23/h4-10,13-14,17-19,27,29,32,42H,3,11-12,15-16,20H2,1-2H3,(H,48,49)(H2,40,43,44)/t27?,29?,32-/m1/s1. The van der Waals surface area contributed by atoms with E-state index in [0.717, 1.165) is 22.9 Å².